The molecule has 1 aromatic rings. The van der Waals surface area contributed by atoms with Gasteiger partial charge in [-0.15, -0.1) is 0 Å². The Labute approximate surface area is 106 Å². The Hall–Kier alpha value is -0.580. The molecule has 1 aromatic carbocycles. The lowest BCUT2D eigenvalue weighted by Gasteiger charge is -2.11. The second kappa shape index (κ2) is 6.89. The predicted octanol–water partition coefficient (Wildman–Crippen LogP) is 2.24. The summed E-state index contributed by atoms with van der Waals surface area (Å²) in [5, 5.41) is 0. The van der Waals surface area contributed by atoms with E-state index in [1.165, 1.54) is 0 Å². The second-order valence-electron chi connectivity index (χ2n) is 4.00. The van der Waals surface area contributed by atoms with Gasteiger partial charge in [-0.25, -0.2) is 0 Å². The molecule has 0 aliphatic carbocycles. The Morgan fingerprint density at radius 1 is 1.31 bits per heavy atom. The largest absolute Gasteiger partial charge is 0.493 e. The van der Waals surface area contributed by atoms with Crippen molar-refractivity contribution in [3.63, 3.8) is 0 Å². The van der Waals surface area contributed by atoms with Gasteiger partial charge in [-0.1, -0.05) is 15.9 Å². The zero-order valence-electron chi connectivity index (χ0n) is 9.87. The Balaban J connectivity index is 2.44. The van der Waals surface area contributed by atoms with Crippen LogP contribution in [0.3, 0.4) is 0 Å². The first-order valence-electron chi connectivity index (χ1n) is 5.39. The molecule has 4 heteroatoms. The van der Waals surface area contributed by atoms with Crippen LogP contribution in [0.25, 0.3) is 0 Å². The number of hydrogen-bond donors (Lipinski definition) is 1. The summed E-state index contributed by atoms with van der Waals surface area (Å²) in [6.45, 7) is 2.31. The van der Waals surface area contributed by atoms with Crippen LogP contribution in [-0.4, -0.2) is 32.1 Å². The normalized spacial score (nSPS) is 10.8. The van der Waals surface area contributed by atoms with Gasteiger partial charge in [0.2, 0.25) is 0 Å². The summed E-state index contributed by atoms with van der Waals surface area (Å²) in [6, 6.07) is 5.96. The van der Waals surface area contributed by atoms with Crippen LogP contribution in [0.5, 0.6) is 5.75 Å². The first-order chi connectivity index (χ1) is 7.61. The number of rotatable bonds is 6. The molecule has 0 bridgehead atoms. The van der Waals surface area contributed by atoms with Crippen molar-refractivity contribution >= 4 is 15.9 Å². The van der Waals surface area contributed by atoms with Crippen LogP contribution in [0.2, 0.25) is 0 Å². The smallest absolute Gasteiger partial charge is 0.120 e. The number of ether oxygens (including phenoxy) is 1. The number of nitrogens with two attached hydrogens (primary N) is 1. The zero-order valence-corrected chi connectivity index (χ0v) is 11.5. The van der Waals surface area contributed by atoms with E-state index >= 15 is 0 Å². The number of benzene rings is 1. The average molecular weight is 287 g/mol. The molecule has 0 aliphatic heterocycles. The van der Waals surface area contributed by atoms with Crippen LogP contribution < -0.4 is 10.5 Å². The molecule has 0 radical (unpaired) electrons. The van der Waals surface area contributed by atoms with Crippen molar-refractivity contribution in [2.75, 3.05) is 27.2 Å². The molecule has 16 heavy (non-hydrogen) atoms. The maximum Gasteiger partial charge on any atom is 0.120 e. The minimum atomic E-state index is 0.535. The molecule has 0 spiro atoms. The van der Waals surface area contributed by atoms with E-state index in [4.69, 9.17) is 10.5 Å². The van der Waals surface area contributed by atoms with Crippen LogP contribution in [0.1, 0.15) is 12.0 Å². The summed E-state index contributed by atoms with van der Waals surface area (Å²) in [6.07, 6.45) is 1.03. The molecule has 2 N–H and O–H groups in total. The summed E-state index contributed by atoms with van der Waals surface area (Å²) in [7, 11) is 4.12. The summed E-state index contributed by atoms with van der Waals surface area (Å²) in [4.78, 5) is 2.15. The lowest BCUT2D eigenvalue weighted by Crippen LogP contribution is -2.15. The molecule has 0 aromatic heterocycles. The van der Waals surface area contributed by atoms with Crippen molar-refractivity contribution in [2.45, 2.75) is 13.0 Å². The van der Waals surface area contributed by atoms with Crippen LogP contribution in [0, 0.1) is 0 Å². The number of hydrogen-bond acceptors (Lipinski definition) is 3. The molecular weight excluding hydrogens is 268 g/mol. The molecule has 0 atom stereocenters. The minimum Gasteiger partial charge on any atom is -0.493 e. The van der Waals surface area contributed by atoms with E-state index in [9.17, 15) is 0 Å². The Bertz CT molecular complexity index is 329. The first-order valence-corrected chi connectivity index (χ1v) is 6.18. The van der Waals surface area contributed by atoms with Crippen LogP contribution in [0.4, 0.5) is 0 Å². The number of nitrogens with zero attached hydrogens (tertiary/aromatic N) is 1. The molecule has 0 unspecified atom stereocenters. The molecule has 3 nitrogen and oxygen atoms in total. The van der Waals surface area contributed by atoms with Crippen molar-refractivity contribution in [3.05, 3.63) is 28.2 Å². The third-order valence-electron chi connectivity index (χ3n) is 2.19. The predicted molar refractivity (Wildman–Crippen MR) is 70.7 cm³/mol. The lowest BCUT2D eigenvalue weighted by atomic mass is 10.2. The van der Waals surface area contributed by atoms with E-state index < -0.39 is 0 Å². The third kappa shape index (κ3) is 4.96. The SMILES string of the molecule is CN(C)CCCOc1cc(Br)cc(CN)c1. The van der Waals surface area contributed by atoms with E-state index in [1.54, 1.807) is 0 Å². The van der Waals surface area contributed by atoms with E-state index in [1.807, 2.05) is 18.2 Å². The Morgan fingerprint density at radius 2 is 2.06 bits per heavy atom. The molecule has 1 rings (SSSR count). The summed E-state index contributed by atoms with van der Waals surface area (Å²) in [5.74, 6) is 0.883. The van der Waals surface area contributed by atoms with Gasteiger partial charge in [-0.2, -0.15) is 0 Å². The summed E-state index contributed by atoms with van der Waals surface area (Å²) >= 11 is 3.44. The van der Waals surface area contributed by atoms with Gasteiger partial charge in [-0.05, 0) is 44.3 Å². The molecule has 0 fully saturated rings. The summed E-state index contributed by atoms with van der Waals surface area (Å²) < 4.78 is 6.68. The standard InChI is InChI=1S/C12H19BrN2O/c1-15(2)4-3-5-16-12-7-10(9-14)6-11(13)8-12/h6-8H,3-5,9,14H2,1-2H3. The van der Waals surface area contributed by atoms with Gasteiger partial charge in [-0.3, -0.25) is 0 Å². The fourth-order valence-electron chi connectivity index (χ4n) is 1.39. The third-order valence-corrected chi connectivity index (χ3v) is 2.64. The quantitative estimate of drug-likeness (QED) is 0.815. The van der Waals surface area contributed by atoms with E-state index in [-0.39, 0.29) is 0 Å². The highest BCUT2D eigenvalue weighted by Gasteiger charge is 1.99. The van der Waals surface area contributed by atoms with Crippen LogP contribution >= 0.6 is 15.9 Å². The fraction of sp³-hybridized carbons (Fsp3) is 0.500. The van der Waals surface area contributed by atoms with Gasteiger partial charge >= 0.3 is 0 Å². The second-order valence-corrected chi connectivity index (χ2v) is 4.92. The fourth-order valence-corrected chi connectivity index (χ4v) is 1.91. The van der Waals surface area contributed by atoms with Crippen molar-refractivity contribution in [1.29, 1.82) is 0 Å². The number of halogens is 1. The molecule has 90 valence electrons. The highest BCUT2D eigenvalue weighted by atomic mass is 79.9. The zero-order chi connectivity index (χ0) is 12.0. The van der Waals surface area contributed by atoms with Gasteiger partial charge in [0.15, 0.2) is 0 Å². The van der Waals surface area contributed by atoms with Crippen molar-refractivity contribution in [3.8, 4) is 5.75 Å². The molecular formula is C12H19BrN2O. The maximum atomic E-state index is 5.67. The van der Waals surface area contributed by atoms with Gasteiger partial charge in [0, 0.05) is 17.6 Å². The first kappa shape index (κ1) is 13.5. The molecule has 0 aliphatic rings. The van der Waals surface area contributed by atoms with Crippen LogP contribution in [-0.2, 0) is 6.54 Å². The highest BCUT2D eigenvalue weighted by molar-refractivity contribution is 9.10. The highest BCUT2D eigenvalue weighted by Crippen LogP contribution is 2.21. The molecule has 0 saturated carbocycles. The molecule has 0 saturated heterocycles. The average Bonchev–Trinajstić information content (AvgIpc) is 2.23. The molecule has 0 heterocycles. The van der Waals surface area contributed by atoms with Gasteiger partial charge < -0.3 is 15.4 Å². The Morgan fingerprint density at radius 3 is 2.69 bits per heavy atom. The maximum absolute atomic E-state index is 5.67. The van der Waals surface area contributed by atoms with Crippen molar-refractivity contribution in [2.24, 2.45) is 5.73 Å². The topological polar surface area (TPSA) is 38.5 Å². The monoisotopic (exact) mass is 286 g/mol. The van der Waals surface area contributed by atoms with Crippen LogP contribution in [0.15, 0.2) is 22.7 Å². The summed E-state index contributed by atoms with van der Waals surface area (Å²) in [5.41, 5.74) is 6.68. The molecule has 0 amide bonds. The van der Waals surface area contributed by atoms with Gasteiger partial charge in [0.25, 0.3) is 0 Å². The van der Waals surface area contributed by atoms with Gasteiger partial charge in [0.05, 0.1) is 6.61 Å². The van der Waals surface area contributed by atoms with Crippen molar-refractivity contribution < 1.29 is 4.74 Å². The van der Waals surface area contributed by atoms with E-state index in [0.717, 1.165) is 35.4 Å². The van der Waals surface area contributed by atoms with Gasteiger partial charge in [0.1, 0.15) is 5.75 Å². The lowest BCUT2D eigenvalue weighted by molar-refractivity contribution is 0.281. The Kier molecular flexibility index (Phi) is 5.80. The minimum absolute atomic E-state index is 0.535. The van der Waals surface area contributed by atoms with Crippen molar-refractivity contribution in [1.82, 2.24) is 4.90 Å². The van der Waals surface area contributed by atoms with E-state index in [2.05, 4.69) is 34.9 Å². The van der Waals surface area contributed by atoms with E-state index in [0.29, 0.717) is 6.54 Å².